The number of fused-ring (bicyclic) bond motifs is 8. The van der Waals surface area contributed by atoms with E-state index in [1.54, 1.807) is 0 Å². The maximum absolute atomic E-state index is 6.67. The lowest BCUT2D eigenvalue weighted by molar-refractivity contribution is 0.263. The van der Waals surface area contributed by atoms with E-state index in [9.17, 15) is 0 Å². The summed E-state index contributed by atoms with van der Waals surface area (Å²) in [4.78, 5) is 0. The van der Waals surface area contributed by atoms with Crippen molar-refractivity contribution in [3.63, 3.8) is 0 Å². The van der Waals surface area contributed by atoms with E-state index >= 15 is 0 Å². The monoisotopic (exact) mass is 604 g/mol. The normalized spacial score (nSPS) is 14.1. The topological polar surface area (TPSA) is 39.3 Å². The fourth-order valence-corrected chi connectivity index (χ4v) is 7.24. The molecule has 47 heavy (non-hydrogen) atoms. The van der Waals surface area contributed by atoms with Gasteiger partial charge in [-0.15, -0.1) is 0 Å². The molecule has 3 heterocycles. The molecule has 0 saturated carbocycles. The molecule has 1 aliphatic rings. The van der Waals surface area contributed by atoms with E-state index < -0.39 is 0 Å². The predicted molar refractivity (Wildman–Crippen MR) is 192 cm³/mol. The summed E-state index contributed by atoms with van der Waals surface area (Å²) in [6.45, 7) is 0. The number of nitrogens with zero attached hydrogens (tertiary/aromatic N) is 1. The van der Waals surface area contributed by atoms with Crippen LogP contribution in [-0.4, -0.2) is 4.57 Å². The van der Waals surface area contributed by atoms with Crippen LogP contribution in [0.3, 0.4) is 0 Å². The van der Waals surface area contributed by atoms with Gasteiger partial charge < -0.3 is 19.0 Å². The highest BCUT2D eigenvalue weighted by Gasteiger charge is 2.28. The smallest absolute Gasteiger partial charge is 0.196 e. The zero-order valence-electron chi connectivity index (χ0n) is 25.4. The summed E-state index contributed by atoms with van der Waals surface area (Å²) in [7, 11) is 0. The minimum atomic E-state index is -0.307. The van der Waals surface area contributed by atoms with Crippen molar-refractivity contribution in [2.75, 3.05) is 5.32 Å². The number of hydrogen-bond donors (Lipinski definition) is 1. The van der Waals surface area contributed by atoms with Crippen molar-refractivity contribution in [2.24, 2.45) is 0 Å². The summed E-state index contributed by atoms with van der Waals surface area (Å²) in [6, 6.07) is 55.5. The summed E-state index contributed by atoms with van der Waals surface area (Å²) in [6.07, 6.45) is -0.307. The molecule has 222 valence electrons. The van der Waals surface area contributed by atoms with Crippen LogP contribution < -0.4 is 10.1 Å². The molecule has 9 aromatic rings. The molecule has 7 aromatic carbocycles. The molecule has 1 N–H and O–H groups in total. The van der Waals surface area contributed by atoms with Crippen LogP contribution in [0.1, 0.15) is 11.8 Å². The Balaban J connectivity index is 1.02. The van der Waals surface area contributed by atoms with Crippen molar-refractivity contribution < 1.29 is 9.15 Å². The predicted octanol–water partition coefficient (Wildman–Crippen LogP) is 11.5. The van der Waals surface area contributed by atoms with Gasteiger partial charge in [-0.1, -0.05) is 115 Å². The molecule has 4 heteroatoms. The number of hydrogen-bond acceptors (Lipinski definition) is 3. The molecule has 1 unspecified atom stereocenters. The lowest BCUT2D eigenvalue weighted by Gasteiger charge is -2.14. The number of para-hydroxylation sites is 2. The molecular weight excluding hydrogens is 576 g/mol. The molecule has 2 aromatic heterocycles. The van der Waals surface area contributed by atoms with E-state index in [1.807, 2.05) is 12.1 Å². The van der Waals surface area contributed by atoms with Crippen LogP contribution in [0.15, 0.2) is 162 Å². The first-order valence-electron chi connectivity index (χ1n) is 16.0. The first kappa shape index (κ1) is 26.0. The molecule has 0 radical (unpaired) electrons. The van der Waals surface area contributed by atoms with Crippen LogP contribution in [0.2, 0.25) is 0 Å². The van der Waals surface area contributed by atoms with Crippen molar-refractivity contribution >= 4 is 49.4 Å². The summed E-state index contributed by atoms with van der Waals surface area (Å²) >= 11 is 0. The summed E-state index contributed by atoms with van der Waals surface area (Å²) in [5, 5.41) is 8.15. The van der Waals surface area contributed by atoms with E-state index in [1.165, 1.54) is 32.9 Å². The number of nitrogens with one attached hydrogen (secondary N) is 1. The lowest BCUT2D eigenvalue weighted by Crippen LogP contribution is -2.10. The van der Waals surface area contributed by atoms with Crippen LogP contribution in [0.5, 0.6) is 5.75 Å². The molecule has 0 fully saturated rings. The molecule has 4 nitrogen and oxygen atoms in total. The minimum Gasteiger partial charge on any atom is -0.464 e. The number of benzene rings is 7. The van der Waals surface area contributed by atoms with Gasteiger partial charge >= 0.3 is 0 Å². The van der Waals surface area contributed by atoms with Gasteiger partial charge in [0.1, 0.15) is 11.2 Å². The Bertz CT molecular complexity index is 2620. The van der Waals surface area contributed by atoms with E-state index in [0.29, 0.717) is 0 Å². The van der Waals surface area contributed by atoms with E-state index in [-0.39, 0.29) is 6.23 Å². The second-order valence-corrected chi connectivity index (χ2v) is 12.2. The Morgan fingerprint density at radius 1 is 0.532 bits per heavy atom. The van der Waals surface area contributed by atoms with Gasteiger partial charge in [0.25, 0.3) is 0 Å². The van der Waals surface area contributed by atoms with Gasteiger partial charge in [0.15, 0.2) is 12.0 Å². The summed E-state index contributed by atoms with van der Waals surface area (Å²) in [5.41, 5.74) is 11.9. The molecule has 0 aliphatic carbocycles. The van der Waals surface area contributed by atoms with Crippen molar-refractivity contribution in [2.45, 2.75) is 6.23 Å². The molecular formula is C43H28N2O2. The Morgan fingerprint density at radius 3 is 2.09 bits per heavy atom. The molecule has 1 aliphatic heterocycles. The summed E-state index contributed by atoms with van der Waals surface area (Å²) in [5.74, 6) is 0.831. The molecule has 1 atom stereocenters. The number of ether oxygens (including phenoxy) is 1. The molecule has 0 bridgehead atoms. The van der Waals surface area contributed by atoms with Gasteiger partial charge in [0.05, 0.1) is 22.1 Å². The van der Waals surface area contributed by atoms with Crippen LogP contribution in [0.4, 0.5) is 5.69 Å². The van der Waals surface area contributed by atoms with E-state index in [4.69, 9.17) is 9.15 Å². The highest BCUT2D eigenvalue weighted by molar-refractivity contribution is 6.14. The van der Waals surface area contributed by atoms with Gasteiger partial charge in [0.2, 0.25) is 0 Å². The quantitative estimate of drug-likeness (QED) is 0.217. The Labute approximate surface area is 271 Å². The first-order chi connectivity index (χ1) is 23.3. The minimum absolute atomic E-state index is 0.307. The maximum Gasteiger partial charge on any atom is 0.196 e. The van der Waals surface area contributed by atoms with Gasteiger partial charge in [-0.05, 0) is 59.2 Å². The van der Waals surface area contributed by atoms with E-state index in [0.717, 1.165) is 55.8 Å². The SMILES string of the molecule is c1ccc(-c2ccc3c(c2)c2ccccc2n3-c2ccc(C3Nc4ccc5oc6c(-c7ccccc7)cccc6c5c4O3)cc2)cc1. The largest absolute Gasteiger partial charge is 0.464 e. The third-order valence-electron chi connectivity index (χ3n) is 9.46. The number of rotatable bonds is 4. The van der Waals surface area contributed by atoms with Crippen molar-refractivity contribution in [3.05, 3.63) is 163 Å². The number of aromatic nitrogens is 1. The third kappa shape index (κ3) is 4.01. The Hall–Kier alpha value is -6.26. The summed E-state index contributed by atoms with van der Waals surface area (Å²) < 4.78 is 15.5. The van der Waals surface area contributed by atoms with Crippen LogP contribution >= 0.6 is 0 Å². The average Bonchev–Trinajstić information content (AvgIpc) is 3.84. The van der Waals surface area contributed by atoms with E-state index in [2.05, 4.69) is 155 Å². The van der Waals surface area contributed by atoms with Crippen LogP contribution in [-0.2, 0) is 0 Å². The van der Waals surface area contributed by atoms with Crippen LogP contribution in [0, 0.1) is 0 Å². The number of furan rings is 1. The molecule has 0 spiro atoms. The van der Waals surface area contributed by atoms with Crippen molar-refractivity contribution in [1.29, 1.82) is 0 Å². The highest BCUT2D eigenvalue weighted by Crippen LogP contribution is 2.48. The number of anilines is 1. The Morgan fingerprint density at radius 2 is 1.26 bits per heavy atom. The first-order valence-corrected chi connectivity index (χ1v) is 16.0. The molecule has 0 saturated heterocycles. The zero-order chi connectivity index (χ0) is 30.9. The van der Waals surface area contributed by atoms with Gasteiger partial charge in [0, 0.05) is 33.0 Å². The van der Waals surface area contributed by atoms with Crippen LogP contribution in [0.25, 0.3) is 71.7 Å². The van der Waals surface area contributed by atoms with Gasteiger partial charge in [-0.25, -0.2) is 0 Å². The second-order valence-electron chi connectivity index (χ2n) is 12.2. The van der Waals surface area contributed by atoms with Crippen molar-refractivity contribution in [3.8, 4) is 33.7 Å². The van der Waals surface area contributed by atoms with Gasteiger partial charge in [-0.3, -0.25) is 0 Å². The fraction of sp³-hybridized carbons (Fsp3) is 0.0233. The Kier molecular flexibility index (Phi) is 5.60. The fourth-order valence-electron chi connectivity index (χ4n) is 7.24. The zero-order valence-corrected chi connectivity index (χ0v) is 25.4. The maximum atomic E-state index is 6.67. The highest BCUT2D eigenvalue weighted by atomic mass is 16.5. The molecule has 0 amide bonds. The average molecular weight is 605 g/mol. The van der Waals surface area contributed by atoms with Gasteiger partial charge in [-0.2, -0.15) is 0 Å². The lowest BCUT2D eigenvalue weighted by atomic mass is 10.0. The third-order valence-corrected chi connectivity index (χ3v) is 9.46. The van der Waals surface area contributed by atoms with Crippen molar-refractivity contribution in [1.82, 2.24) is 4.57 Å². The standard InChI is InChI=1S/C43H28N2O2/c1-3-10-27(11-4-1)30-20-24-38-35(26-30)33-14-7-8-17-37(33)45(38)31-21-18-29(19-22-31)43-44-36-23-25-39-40(42(36)47-43)34-16-9-15-32(41(34)46-39)28-12-5-2-6-13-28/h1-26,43-44H. The molecule has 10 rings (SSSR count). The second kappa shape index (κ2) is 10.1.